The molecule has 2 heteroatoms. The Morgan fingerprint density at radius 1 is 0.238 bits per heavy atom. The monoisotopic (exact) mass is 576 g/mol. The molecule has 6 rings (SSSR count). The van der Waals surface area contributed by atoms with Gasteiger partial charge in [0.05, 0.1) is 11.6 Å². The van der Waals surface area contributed by atoms with Crippen LogP contribution in [0, 0.1) is 0 Å². The summed E-state index contributed by atoms with van der Waals surface area (Å²) in [6.07, 6.45) is 4.62. The summed E-state index contributed by atoms with van der Waals surface area (Å²) >= 11 is 0. The quantitative estimate of drug-likeness (QED) is 0.121. The van der Waals surface area contributed by atoms with Crippen molar-refractivity contribution in [2.45, 2.75) is 0 Å². The molecule has 0 heterocycles. The van der Waals surface area contributed by atoms with Crippen LogP contribution in [0.5, 0.6) is 0 Å². The van der Waals surface area contributed by atoms with Crippen LogP contribution in [0.15, 0.2) is 206 Å². The zero-order valence-electron chi connectivity index (χ0n) is 23.5. The Morgan fingerprint density at radius 2 is 0.405 bits per heavy atom. The standard InChI is InChI=1S/C40H34P2/c1-7-21-35(22-8-1)41(36-23-9-2-10-24-36,37-25-11-3-12-26-37)33-19-20-34-42(38-27-13-4-14-28-38,39-29-15-5-16-30-39)40-31-17-6-18-32-40/h1-34H/q+2/b33-19+,34-20+. The second-order valence-corrected chi connectivity index (χ2v) is 16.7. The van der Waals surface area contributed by atoms with E-state index in [1.165, 1.54) is 31.8 Å². The molecule has 6 aromatic carbocycles. The largest absolute Gasteiger partial charge is 0.136 e. The van der Waals surface area contributed by atoms with Crippen LogP contribution in [0.4, 0.5) is 0 Å². The number of allylic oxidation sites excluding steroid dienone is 2. The summed E-state index contributed by atoms with van der Waals surface area (Å²) in [7, 11) is -4.14. The highest BCUT2D eigenvalue weighted by atomic mass is 31.2. The predicted octanol–water partition coefficient (Wildman–Crippen LogP) is 8.00. The zero-order valence-corrected chi connectivity index (χ0v) is 25.3. The van der Waals surface area contributed by atoms with E-state index in [-0.39, 0.29) is 0 Å². The lowest BCUT2D eigenvalue weighted by atomic mass is 10.4. The number of benzene rings is 6. The Balaban J connectivity index is 1.56. The van der Waals surface area contributed by atoms with E-state index in [0.29, 0.717) is 0 Å². The van der Waals surface area contributed by atoms with Crippen LogP contribution < -0.4 is 31.8 Å². The second kappa shape index (κ2) is 13.1. The topological polar surface area (TPSA) is 0 Å². The average Bonchev–Trinajstić information content (AvgIpc) is 3.09. The summed E-state index contributed by atoms with van der Waals surface area (Å²) in [5, 5.41) is 8.10. The van der Waals surface area contributed by atoms with E-state index in [1.807, 2.05) is 0 Å². The van der Waals surface area contributed by atoms with Gasteiger partial charge < -0.3 is 0 Å². The van der Waals surface area contributed by atoms with E-state index < -0.39 is 14.5 Å². The van der Waals surface area contributed by atoms with Gasteiger partial charge in [-0.2, -0.15) is 0 Å². The molecule has 0 fully saturated rings. The highest BCUT2D eigenvalue weighted by molar-refractivity contribution is 7.98. The molecule has 0 atom stereocenters. The first-order valence-electron chi connectivity index (χ1n) is 14.3. The van der Waals surface area contributed by atoms with Gasteiger partial charge in [0, 0.05) is 0 Å². The van der Waals surface area contributed by atoms with Gasteiger partial charge in [-0.1, -0.05) is 109 Å². The van der Waals surface area contributed by atoms with Crippen molar-refractivity contribution in [2.24, 2.45) is 0 Å². The van der Waals surface area contributed by atoms with Crippen LogP contribution in [0.3, 0.4) is 0 Å². The van der Waals surface area contributed by atoms with Crippen molar-refractivity contribution in [3.63, 3.8) is 0 Å². The fourth-order valence-corrected chi connectivity index (χ4v) is 13.1. The number of hydrogen-bond donors (Lipinski definition) is 0. The van der Waals surface area contributed by atoms with Crippen molar-refractivity contribution in [1.29, 1.82) is 0 Å². The summed E-state index contributed by atoms with van der Waals surface area (Å²) in [4.78, 5) is 0. The van der Waals surface area contributed by atoms with Crippen molar-refractivity contribution in [1.82, 2.24) is 0 Å². The minimum Gasteiger partial charge on any atom is -0.0620 e. The SMILES string of the molecule is C(/C=C/[P+](c1ccccc1)(c1ccccc1)c1ccccc1)=C\[P+](c1ccccc1)(c1ccccc1)c1ccccc1. The third kappa shape index (κ3) is 5.45. The van der Waals surface area contributed by atoms with Crippen LogP contribution in [-0.4, -0.2) is 0 Å². The minimum absolute atomic E-state index is 1.35. The third-order valence-electron chi connectivity index (χ3n) is 7.71. The molecule has 0 radical (unpaired) electrons. The Morgan fingerprint density at radius 3 is 0.571 bits per heavy atom. The lowest BCUT2D eigenvalue weighted by Gasteiger charge is -2.24. The van der Waals surface area contributed by atoms with Crippen LogP contribution in [0.2, 0.25) is 0 Å². The molecule has 0 spiro atoms. The molecule has 0 nitrogen and oxygen atoms in total. The van der Waals surface area contributed by atoms with Gasteiger partial charge in [-0.05, 0) is 84.9 Å². The Hall–Kier alpha value is -4.34. The van der Waals surface area contributed by atoms with Crippen LogP contribution in [0.1, 0.15) is 0 Å². The smallest absolute Gasteiger partial charge is 0.0620 e. The van der Waals surface area contributed by atoms with E-state index >= 15 is 0 Å². The molecular weight excluding hydrogens is 542 g/mol. The molecule has 0 bridgehead atoms. The van der Waals surface area contributed by atoms with Gasteiger partial charge in [0.25, 0.3) is 0 Å². The van der Waals surface area contributed by atoms with Crippen molar-refractivity contribution >= 4 is 46.4 Å². The molecular formula is C40H34P2+2. The summed E-state index contributed by atoms with van der Waals surface area (Å²) in [5.74, 6) is 4.97. The minimum atomic E-state index is -2.07. The number of rotatable bonds is 9. The fraction of sp³-hybridized carbons (Fsp3) is 0. The summed E-state index contributed by atoms with van der Waals surface area (Å²) < 4.78 is 0. The molecule has 0 aliphatic heterocycles. The van der Waals surface area contributed by atoms with E-state index in [9.17, 15) is 0 Å². The normalized spacial score (nSPS) is 12.1. The Bertz CT molecular complexity index is 1400. The highest BCUT2D eigenvalue weighted by Crippen LogP contribution is 2.58. The van der Waals surface area contributed by atoms with Gasteiger partial charge in [0.15, 0.2) is 0 Å². The molecule has 0 amide bonds. The molecule has 202 valence electrons. The van der Waals surface area contributed by atoms with Crippen LogP contribution in [0.25, 0.3) is 0 Å². The molecule has 0 aliphatic carbocycles. The van der Waals surface area contributed by atoms with Gasteiger partial charge in [-0.15, -0.1) is 0 Å². The van der Waals surface area contributed by atoms with Crippen molar-refractivity contribution in [3.8, 4) is 0 Å². The highest BCUT2D eigenvalue weighted by Gasteiger charge is 2.44. The van der Waals surface area contributed by atoms with Crippen molar-refractivity contribution in [3.05, 3.63) is 206 Å². The molecule has 0 N–H and O–H groups in total. The first-order chi connectivity index (χ1) is 20.8. The average molecular weight is 577 g/mol. The zero-order chi connectivity index (χ0) is 28.5. The van der Waals surface area contributed by atoms with Crippen LogP contribution in [-0.2, 0) is 0 Å². The summed E-state index contributed by atoms with van der Waals surface area (Å²) in [6, 6.07) is 66.1. The van der Waals surface area contributed by atoms with Gasteiger partial charge in [-0.25, -0.2) is 0 Å². The third-order valence-corrected chi connectivity index (χ3v) is 15.6. The van der Waals surface area contributed by atoms with E-state index in [0.717, 1.165) is 0 Å². The first-order valence-corrected chi connectivity index (χ1v) is 18.0. The van der Waals surface area contributed by atoms with Gasteiger partial charge >= 0.3 is 0 Å². The van der Waals surface area contributed by atoms with Gasteiger partial charge in [0.2, 0.25) is 0 Å². The lowest BCUT2D eigenvalue weighted by Crippen LogP contribution is -2.29. The Labute approximate surface area is 251 Å². The van der Waals surface area contributed by atoms with Gasteiger partial charge in [0.1, 0.15) is 46.4 Å². The molecule has 0 aromatic heterocycles. The van der Waals surface area contributed by atoms with Crippen molar-refractivity contribution in [2.75, 3.05) is 0 Å². The maximum absolute atomic E-state index is 2.49. The van der Waals surface area contributed by atoms with Crippen LogP contribution >= 0.6 is 14.5 Å². The maximum Gasteiger partial charge on any atom is 0.136 e. The molecule has 0 saturated carbocycles. The summed E-state index contributed by atoms with van der Waals surface area (Å²) in [5.41, 5.74) is 0. The van der Waals surface area contributed by atoms with Crippen molar-refractivity contribution < 1.29 is 0 Å². The first kappa shape index (κ1) is 27.8. The van der Waals surface area contributed by atoms with E-state index in [4.69, 9.17) is 0 Å². The maximum atomic E-state index is 2.49. The lowest BCUT2D eigenvalue weighted by molar-refractivity contribution is 1.72. The Kier molecular flexibility index (Phi) is 8.67. The molecule has 42 heavy (non-hydrogen) atoms. The second-order valence-electron chi connectivity index (χ2n) is 10.1. The molecule has 0 aliphatic rings. The van der Waals surface area contributed by atoms with E-state index in [1.54, 1.807) is 0 Å². The predicted molar refractivity (Wildman–Crippen MR) is 189 cm³/mol. The fourth-order valence-electron chi connectivity index (χ4n) is 5.75. The van der Waals surface area contributed by atoms with E-state index in [2.05, 4.69) is 206 Å². The molecule has 6 aromatic rings. The van der Waals surface area contributed by atoms with Gasteiger partial charge in [-0.3, -0.25) is 0 Å². The molecule has 0 unspecified atom stereocenters. The molecule has 0 saturated heterocycles. The summed E-state index contributed by atoms with van der Waals surface area (Å²) in [6.45, 7) is 0. The number of hydrogen-bond acceptors (Lipinski definition) is 0.